The van der Waals surface area contributed by atoms with Gasteiger partial charge in [-0.2, -0.15) is 0 Å². The van der Waals surface area contributed by atoms with Crippen molar-refractivity contribution >= 4 is 5.78 Å². The number of Topliss-reactive ketones (excluding diaryl/α,β-unsaturated/α-hetero) is 1. The summed E-state index contributed by atoms with van der Waals surface area (Å²) in [4.78, 5) is 10.8. The molecule has 64 valence electrons. The zero-order chi connectivity index (χ0) is 8.85. The van der Waals surface area contributed by atoms with Gasteiger partial charge in [0.05, 0.1) is 0 Å². The van der Waals surface area contributed by atoms with Crippen molar-refractivity contribution in [2.45, 2.75) is 40.5 Å². The van der Waals surface area contributed by atoms with Crippen molar-refractivity contribution in [3.05, 3.63) is 11.6 Å². The van der Waals surface area contributed by atoms with E-state index in [0.717, 1.165) is 12.0 Å². The molecule has 11 heavy (non-hydrogen) atoms. The Bertz CT molecular complexity index is 156. The molecule has 1 atom stereocenters. The van der Waals surface area contributed by atoms with E-state index in [-0.39, 0.29) is 5.78 Å². The minimum absolute atomic E-state index is 0.188. The summed E-state index contributed by atoms with van der Waals surface area (Å²) in [6, 6.07) is 0. The van der Waals surface area contributed by atoms with Crippen molar-refractivity contribution in [2.75, 3.05) is 0 Å². The Hall–Kier alpha value is -0.590. The number of allylic oxidation sites excluding steroid dienone is 2. The predicted molar refractivity (Wildman–Crippen MR) is 48.5 cm³/mol. The van der Waals surface area contributed by atoms with E-state index in [0.29, 0.717) is 5.92 Å². The zero-order valence-corrected chi connectivity index (χ0v) is 7.98. The van der Waals surface area contributed by atoms with Gasteiger partial charge in [0.15, 0.2) is 5.78 Å². The lowest BCUT2D eigenvalue weighted by molar-refractivity contribution is -0.113. The summed E-state index contributed by atoms with van der Waals surface area (Å²) in [7, 11) is 0. The highest BCUT2D eigenvalue weighted by atomic mass is 16.1. The largest absolute Gasteiger partial charge is 0.295 e. The second-order valence-corrected chi connectivity index (χ2v) is 3.19. The highest BCUT2D eigenvalue weighted by molar-refractivity contribution is 5.92. The smallest absolute Gasteiger partial charge is 0.155 e. The van der Waals surface area contributed by atoms with Gasteiger partial charge in [-0.1, -0.05) is 26.3 Å². The van der Waals surface area contributed by atoms with Gasteiger partial charge in [-0.3, -0.25) is 4.79 Å². The van der Waals surface area contributed by atoms with Crippen molar-refractivity contribution < 1.29 is 4.79 Å². The number of ketones is 1. The van der Waals surface area contributed by atoms with Crippen LogP contribution >= 0.6 is 0 Å². The number of hydrogen-bond donors (Lipinski definition) is 0. The molecule has 0 spiro atoms. The Labute approximate surface area is 69.5 Å². The molecule has 1 heteroatoms. The highest BCUT2D eigenvalue weighted by Crippen LogP contribution is 2.09. The van der Waals surface area contributed by atoms with Gasteiger partial charge in [-0.25, -0.2) is 0 Å². The van der Waals surface area contributed by atoms with Gasteiger partial charge in [-0.15, -0.1) is 0 Å². The summed E-state index contributed by atoms with van der Waals surface area (Å²) in [6.45, 7) is 7.86. The van der Waals surface area contributed by atoms with E-state index in [1.165, 1.54) is 6.42 Å². The zero-order valence-electron chi connectivity index (χ0n) is 7.98. The third-order valence-corrected chi connectivity index (χ3v) is 2.08. The van der Waals surface area contributed by atoms with Crippen molar-refractivity contribution in [3.63, 3.8) is 0 Å². The molecule has 0 aromatic heterocycles. The molecule has 0 rings (SSSR count). The monoisotopic (exact) mass is 154 g/mol. The molecular weight excluding hydrogens is 136 g/mol. The predicted octanol–water partition coefficient (Wildman–Crippen LogP) is 2.96. The fourth-order valence-corrected chi connectivity index (χ4v) is 0.688. The van der Waals surface area contributed by atoms with Gasteiger partial charge in [0.25, 0.3) is 0 Å². The van der Waals surface area contributed by atoms with Crippen LogP contribution in [0, 0.1) is 5.92 Å². The second-order valence-electron chi connectivity index (χ2n) is 3.19. The highest BCUT2D eigenvalue weighted by Gasteiger charge is 1.98. The molecule has 0 aromatic rings. The first-order valence-electron chi connectivity index (χ1n) is 4.25. The van der Waals surface area contributed by atoms with E-state index < -0.39 is 0 Å². The lowest BCUT2D eigenvalue weighted by atomic mass is 10.0. The Morgan fingerprint density at radius 3 is 2.36 bits per heavy atom. The van der Waals surface area contributed by atoms with Crippen LogP contribution in [-0.4, -0.2) is 5.78 Å². The molecule has 0 bridgehead atoms. The van der Waals surface area contributed by atoms with E-state index in [1.807, 2.05) is 13.0 Å². The van der Waals surface area contributed by atoms with Crippen LogP contribution in [0.5, 0.6) is 0 Å². The fourth-order valence-electron chi connectivity index (χ4n) is 0.688. The van der Waals surface area contributed by atoms with Crippen LogP contribution in [0.1, 0.15) is 40.5 Å². The summed E-state index contributed by atoms with van der Waals surface area (Å²) in [5, 5.41) is 0. The normalized spacial score (nSPS) is 14.7. The van der Waals surface area contributed by atoms with Gasteiger partial charge in [-0.05, 0) is 31.8 Å². The SMILES string of the molecule is CCC(C)C/C=C(\C)C(C)=O. The standard InChI is InChI=1S/C10H18O/c1-5-8(2)6-7-9(3)10(4)11/h7-8H,5-6H2,1-4H3/b9-7+. The molecule has 0 amide bonds. The van der Waals surface area contributed by atoms with E-state index in [4.69, 9.17) is 0 Å². The first kappa shape index (κ1) is 10.4. The van der Waals surface area contributed by atoms with Gasteiger partial charge in [0, 0.05) is 0 Å². The summed E-state index contributed by atoms with van der Waals surface area (Å²) < 4.78 is 0. The number of rotatable bonds is 4. The molecule has 1 nitrogen and oxygen atoms in total. The first-order chi connectivity index (χ1) is 5.07. The molecule has 0 N–H and O–H groups in total. The quantitative estimate of drug-likeness (QED) is 0.569. The lowest BCUT2D eigenvalue weighted by Crippen LogP contribution is -1.94. The molecular formula is C10H18O. The van der Waals surface area contributed by atoms with Crippen molar-refractivity contribution in [2.24, 2.45) is 5.92 Å². The lowest BCUT2D eigenvalue weighted by Gasteiger charge is -2.03. The molecule has 1 unspecified atom stereocenters. The third-order valence-electron chi connectivity index (χ3n) is 2.08. The average molecular weight is 154 g/mol. The molecule has 0 aliphatic rings. The number of carbonyl (C=O) groups is 1. The van der Waals surface area contributed by atoms with Gasteiger partial charge in [0.1, 0.15) is 0 Å². The van der Waals surface area contributed by atoms with Gasteiger partial charge in [0.2, 0.25) is 0 Å². The number of hydrogen-bond acceptors (Lipinski definition) is 1. The molecule has 0 fully saturated rings. The molecule has 0 saturated heterocycles. The van der Waals surface area contributed by atoms with E-state index in [9.17, 15) is 4.79 Å². The van der Waals surface area contributed by atoms with Gasteiger partial charge >= 0.3 is 0 Å². The van der Waals surface area contributed by atoms with Gasteiger partial charge < -0.3 is 0 Å². The van der Waals surface area contributed by atoms with Crippen LogP contribution in [0.2, 0.25) is 0 Å². The summed E-state index contributed by atoms with van der Waals surface area (Å²) in [6.07, 6.45) is 4.25. The minimum Gasteiger partial charge on any atom is -0.295 e. The Morgan fingerprint density at radius 1 is 1.45 bits per heavy atom. The van der Waals surface area contributed by atoms with Crippen LogP contribution in [0.3, 0.4) is 0 Å². The molecule has 0 aliphatic carbocycles. The fraction of sp³-hybridized carbons (Fsp3) is 0.700. The van der Waals surface area contributed by atoms with Crippen molar-refractivity contribution in [3.8, 4) is 0 Å². The van der Waals surface area contributed by atoms with Crippen molar-refractivity contribution in [1.82, 2.24) is 0 Å². The molecule has 0 aliphatic heterocycles. The van der Waals surface area contributed by atoms with E-state index in [1.54, 1.807) is 6.92 Å². The summed E-state index contributed by atoms with van der Waals surface area (Å²) in [5.41, 5.74) is 0.894. The Morgan fingerprint density at radius 2 is 2.00 bits per heavy atom. The molecule has 0 radical (unpaired) electrons. The van der Waals surface area contributed by atoms with Crippen LogP contribution in [-0.2, 0) is 4.79 Å². The summed E-state index contributed by atoms with van der Waals surface area (Å²) in [5.74, 6) is 0.887. The molecule has 0 saturated carbocycles. The van der Waals surface area contributed by atoms with E-state index >= 15 is 0 Å². The second kappa shape index (κ2) is 5.11. The third kappa shape index (κ3) is 4.77. The molecule has 0 aromatic carbocycles. The Kier molecular flexibility index (Phi) is 4.84. The summed E-state index contributed by atoms with van der Waals surface area (Å²) >= 11 is 0. The van der Waals surface area contributed by atoms with Crippen LogP contribution in [0.4, 0.5) is 0 Å². The number of carbonyl (C=O) groups excluding carboxylic acids is 1. The van der Waals surface area contributed by atoms with Crippen molar-refractivity contribution in [1.29, 1.82) is 0 Å². The minimum atomic E-state index is 0.188. The average Bonchev–Trinajstić information content (AvgIpc) is 1.99. The molecule has 0 heterocycles. The van der Waals surface area contributed by atoms with Crippen LogP contribution in [0.15, 0.2) is 11.6 Å². The van der Waals surface area contributed by atoms with Crippen LogP contribution in [0.25, 0.3) is 0 Å². The van der Waals surface area contributed by atoms with E-state index in [2.05, 4.69) is 13.8 Å². The maximum absolute atomic E-state index is 10.8. The first-order valence-corrected chi connectivity index (χ1v) is 4.25. The Balaban J connectivity index is 3.82. The maximum atomic E-state index is 10.8. The maximum Gasteiger partial charge on any atom is 0.155 e. The topological polar surface area (TPSA) is 17.1 Å². The van der Waals surface area contributed by atoms with Crippen LogP contribution < -0.4 is 0 Å².